The van der Waals surface area contributed by atoms with Gasteiger partial charge in [0.2, 0.25) is 0 Å². The number of rotatable bonds is 6. The first kappa shape index (κ1) is 26.3. The molecule has 0 bridgehead atoms. The quantitative estimate of drug-likeness (QED) is 0.301. The normalized spacial score (nSPS) is 29.6. The van der Waals surface area contributed by atoms with Crippen molar-refractivity contribution >= 4 is 40.7 Å². The fourth-order valence-electron chi connectivity index (χ4n) is 5.39. The summed E-state index contributed by atoms with van der Waals surface area (Å²) in [5.41, 5.74) is 0.253. The van der Waals surface area contributed by atoms with E-state index in [0.29, 0.717) is 11.3 Å². The molecule has 3 atom stereocenters. The molecule has 2 aliphatic heterocycles. The molecule has 2 heterocycles. The predicted molar refractivity (Wildman–Crippen MR) is 140 cm³/mol. The van der Waals surface area contributed by atoms with Gasteiger partial charge in [0.05, 0.1) is 0 Å². The van der Waals surface area contributed by atoms with Gasteiger partial charge in [0, 0.05) is 47.0 Å². The van der Waals surface area contributed by atoms with Crippen molar-refractivity contribution in [3.8, 4) is 0 Å². The first-order chi connectivity index (χ1) is 14.1. The van der Waals surface area contributed by atoms with Gasteiger partial charge < -0.3 is 15.5 Å². The third kappa shape index (κ3) is 7.04. The van der Waals surface area contributed by atoms with E-state index in [9.17, 15) is 4.21 Å². The first-order valence-electron chi connectivity index (χ1n) is 11.8. The minimum absolute atomic E-state index is 0. The van der Waals surface area contributed by atoms with E-state index in [1.54, 1.807) is 0 Å². The summed E-state index contributed by atoms with van der Waals surface area (Å²) in [5, 5.41) is 7.70. The van der Waals surface area contributed by atoms with Gasteiger partial charge in [0.15, 0.2) is 5.96 Å². The van der Waals surface area contributed by atoms with E-state index in [2.05, 4.69) is 32.5 Å². The zero-order valence-electron chi connectivity index (χ0n) is 19.3. The number of aliphatic imine (C=N–C) groups is 1. The molecule has 2 N–H and O–H groups in total. The molecule has 1 saturated carbocycles. The van der Waals surface area contributed by atoms with Crippen molar-refractivity contribution in [1.82, 2.24) is 20.4 Å². The molecular weight excluding hydrogens is 509 g/mol. The molecule has 0 spiro atoms. The summed E-state index contributed by atoms with van der Waals surface area (Å²) in [6.07, 6.45) is 10.9. The Labute approximate surface area is 203 Å². The molecule has 3 aliphatic rings. The molecule has 6 nitrogen and oxygen atoms in total. The van der Waals surface area contributed by atoms with E-state index in [-0.39, 0.29) is 29.5 Å². The van der Waals surface area contributed by atoms with Crippen molar-refractivity contribution in [3.05, 3.63) is 0 Å². The standard InChI is InChI=1S/C22H43N5OS.HI/c1-4-29(28)20-10-8-9-19(17-20)25-21(23-2)24-18-22(11-15-26(3)16-12-22)27-13-6-5-7-14-27;/h19-20H,4-18H2,1-3H3,(H2,23,24,25);1H. The Morgan fingerprint density at radius 3 is 2.43 bits per heavy atom. The number of piperidine rings is 2. The monoisotopic (exact) mass is 553 g/mol. The Balaban J connectivity index is 0.00000320. The fraction of sp³-hybridized carbons (Fsp3) is 0.955. The molecule has 30 heavy (non-hydrogen) atoms. The topological polar surface area (TPSA) is 60.0 Å². The third-order valence-corrected chi connectivity index (χ3v) is 9.12. The number of likely N-dealkylation sites (tertiary alicyclic amines) is 2. The maximum atomic E-state index is 12.3. The summed E-state index contributed by atoms with van der Waals surface area (Å²) in [4.78, 5) is 9.77. The maximum absolute atomic E-state index is 12.3. The lowest BCUT2D eigenvalue weighted by molar-refractivity contribution is 0.0172. The van der Waals surface area contributed by atoms with Gasteiger partial charge in [-0.1, -0.05) is 19.8 Å². The predicted octanol–water partition coefficient (Wildman–Crippen LogP) is 2.80. The fourth-order valence-corrected chi connectivity index (χ4v) is 6.74. The largest absolute Gasteiger partial charge is 0.355 e. The van der Waals surface area contributed by atoms with Crippen LogP contribution < -0.4 is 10.6 Å². The molecule has 176 valence electrons. The molecule has 0 amide bonds. The molecular formula is C22H44IN5OS. The molecule has 0 aromatic heterocycles. The van der Waals surface area contributed by atoms with Crippen LogP contribution in [0.3, 0.4) is 0 Å². The van der Waals surface area contributed by atoms with Crippen molar-refractivity contribution in [2.24, 2.45) is 4.99 Å². The second kappa shape index (κ2) is 12.9. The minimum atomic E-state index is -0.684. The van der Waals surface area contributed by atoms with Crippen LogP contribution in [0.25, 0.3) is 0 Å². The van der Waals surface area contributed by atoms with Crippen LogP contribution in [0, 0.1) is 0 Å². The van der Waals surface area contributed by atoms with Gasteiger partial charge in [0.1, 0.15) is 0 Å². The smallest absolute Gasteiger partial charge is 0.191 e. The highest BCUT2D eigenvalue weighted by molar-refractivity contribution is 14.0. The molecule has 2 saturated heterocycles. The van der Waals surface area contributed by atoms with E-state index in [1.807, 2.05) is 14.0 Å². The highest BCUT2D eigenvalue weighted by atomic mass is 127. The Bertz CT molecular complexity index is 562. The van der Waals surface area contributed by atoms with Crippen LogP contribution in [0.5, 0.6) is 0 Å². The molecule has 0 radical (unpaired) electrons. The highest BCUT2D eigenvalue weighted by Crippen LogP contribution is 2.31. The summed E-state index contributed by atoms with van der Waals surface area (Å²) in [5.74, 6) is 1.70. The molecule has 3 unspecified atom stereocenters. The summed E-state index contributed by atoms with van der Waals surface area (Å²) in [6, 6.07) is 0.388. The van der Waals surface area contributed by atoms with Crippen molar-refractivity contribution in [2.75, 3.05) is 52.6 Å². The summed E-state index contributed by atoms with van der Waals surface area (Å²) < 4.78 is 12.3. The second-order valence-corrected chi connectivity index (χ2v) is 11.3. The average Bonchev–Trinajstić information content (AvgIpc) is 2.78. The van der Waals surface area contributed by atoms with Gasteiger partial charge in [0.25, 0.3) is 0 Å². The Morgan fingerprint density at radius 1 is 1.10 bits per heavy atom. The number of nitrogens with one attached hydrogen (secondary N) is 2. The number of hydrogen-bond donors (Lipinski definition) is 2. The van der Waals surface area contributed by atoms with Gasteiger partial charge in [-0.25, -0.2) is 0 Å². The molecule has 0 aromatic rings. The van der Waals surface area contributed by atoms with Gasteiger partial charge >= 0.3 is 0 Å². The van der Waals surface area contributed by atoms with E-state index in [1.165, 1.54) is 58.3 Å². The van der Waals surface area contributed by atoms with Crippen LogP contribution in [0.2, 0.25) is 0 Å². The number of halogens is 1. The van der Waals surface area contributed by atoms with Crippen LogP contribution in [-0.4, -0.2) is 89.4 Å². The van der Waals surface area contributed by atoms with Crippen LogP contribution in [0.15, 0.2) is 4.99 Å². The summed E-state index contributed by atoms with van der Waals surface area (Å²) >= 11 is 0. The SMILES string of the molecule is CCS(=O)C1CCCC(NC(=NC)NCC2(N3CCCCC3)CCN(C)CC2)C1.I. The summed E-state index contributed by atoms with van der Waals surface area (Å²) in [7, 11) is 3.44. The van der Waals surface area contributed by atoms with Crippen molar-refractivity contribution < 1.29 is 4.21 Å². The Hall–Kier alpha value is 0.0700. The van der Waals surface area contributed by atoms with Crippen LogP contribution in [-0.2, 0) is 10.8 Å². The molecule has 3 rings (SSSR count). The first-order valence-corrected chi connectivity index (χ1v) is 13.2. The second-order valence-electron chi connectivity index (χ2n) is 9.30. The summed E-state index contributed by atoms with van der Waals surface area (Å²) in [6.45, 7) is 7.84. The van der Waals surface area contributed by atoms with Crippen LogP contribution >= 0.6 is 24.0 Å². The number of guanidine groups is 1. The van der Waals surface area contributed by atoms with E-state index >= 15 is 0 Å². The zero-order chi connectivity index (χ0) is 20.7. The molecule has 0 aromatic carbocycles. The average molecular weight is 554 g/mol. The van der Waals surface area contributed by atoms with Crippen molar-refractivity contribution in [1.29, 1.82) is 0 Å². The van der Waals surface area contributed by atoms with Gasteiger partial charge in [-0.2, -0.15) is 0 Å². The number of hydrogen-bond acceptors (Lipinski definition) is 4. The Morgan fingerprint density at radius 2 is 1.80 bits per heavy atom. The highest BCUT2D eigenvalue weighted by Gasteiger charge is 2.39. The molecule has 3 fully saturated rings. The van der Waals surface area contributed by atoms with Crippen LogP contribution in [0.4, 0.5) is 0 Å². The lowest BCUT2D eigenvalue weighted by Gasteiger charge is -2.50. The lowest BCUT2D eigenvalue weighted by atomic mass is 9.84. The third-order valence-electron chi connectivity index (χ3n) is 7.38. The Kier molecular flexibility index (Phi) is 11.4. The van der Waals surface area contributed by atoms with Crippen LogP contribution in [0.1, 0.15) is 64.7 Å². The van der Waals surface area contributed by atoms with E-state index in [0.717, 1.165) is 43.9 Å². The van der Waals surface area contributed by atoms with Crippen molar-refractivity contribution in [2.45, 2.75) is 81.5 Å². The lowest BCUT2D eigenvalue weighted by Crippen LogP contribution is -2.62. The van der Waals surface area contributed by atoms with Crippen molar-refractivity contribution in [3.63, 3.8) is 0 Å². The van der Waals surface area contributed by atoms with E-state index in [4.69, 9.17) is 0 Å². The van der Waals surface area contributed by atoms with Gasteiger partial charge in [-0.15, -0.1) is 24.0 Å². The minimum Gasteiger partial charge on any atom is -0.355 e. The number of nitrogens with zero attached hydrogens (tertiary/aromatic N) is 3. The molecule has 8 heteroatoms. The van der Waals surface area contributed by atoms with Gasteiger partial charge in [-0.05, 0) is 78.2 Å². The van der Waals surface area contributed by atoms with Gasteiger partial charge in [-0.3, -0.25) is 14.1 Å². The zero-order valence-corrected chi connectivity index (χ0v) is 22.5. The molecule has 1 aliphatic carbocycles. The maximum Gasteiger partial charge on any atom is 0.191 e. The van der Waals surface area contributed by atoms with E-state index < -0.39 is 10.8 Å².